The number of benzene rings is 3. The molecule has 0 fully saturated rings. The minimum Gasteiger partial charge on any atom is -0.497 e. The van der Waals surface area contributed by atoms with E-state index in [1.165, 1.54) is 0 Å². The van der Waals surface area contributed by atoms with Gasteiger partial charge in [0.25, 0.3) is 6.54 Å². The lowest BCUT2D eigenvalue weighted by atomic mass is 10.2. The Bertz CT molecular complexity index is 927. The third kappa shape index (κ3) is 7.96. The molecule has 9 nitrogen and oxygen atoms in total. The molecule has 35 heavy (non-hydrogen) atoms. The van der Waals surface area contributed by atoms with Crippen LogP contribution in [0.4, 0.5) is 0 Å². The van der Waals surface area contributed by atoms with Crippen molar-refractivity contribution in [1.29, 1.82) is 0 Å². The first-order valence-electron chi connectivity index (χ1n) is 10.9. The monoisotopic (exact) mass is 483 g/mol. The lowest BCUT2D eigenvalue weighted by molar-refractivity contribution is -0.561. The molecule has 0 aromatic heterocycles. The lowest BCUT2D eigenvalue weighted by Crippen LogP contribution is -2.45. The maximum atomic E-state index is 11.6. The van der Waals surface area contributed by atoms with E-state index < -0.39 is 17.4 Å². The summed E-state index contributed by atoms with van der Waals surface area (Å²) in [5.74, 6) is 0.147. The van der Waals surface area contributed by atoms with Crippen LogP contribution in [0.5, 0.6) is 17.2 Å². The molecule has 0 aliphatic heterocycles. The van der Waals surface area contributed by atoms with E-state index in [9.17, 15) is 10.1 Å². The Morgan fingerprint density at radius 2 is 0.886 bits per heavy atom. The molecule has 3 rings (SSSR count). The van der Waals surface area contributed by atoms with Crippen molar-refractivity contribution >= 4 is 0 Å². The maximum Gasteiger partial charge on any atom is 0.352 e. The highest BCUT2D eigenvalue weighted by molar-refractivity contribution is 5.28. The zero-order valence-electron chi connectivity index (χ0n) is 20.0. The number of rotatable bonds is 14. The molecular weight excluding hydrogens is 454 g/mol. The Morgan fingerprint density at radius 1 is 0.600 bits per heavy atom. The van der Waals surface area contributed by atoms with Gasteiger partial charge < -0.3 is 28.4 Å². The number of hydrogen-bond donors (Lipinski definition) is 0. The van der Waals surface area contributed by atoms with Crippen LogP contribution in [-0.2, 0) is 34.0 Å². The zero-order chi connectivity index (χ0) is 25.1. The Balaban J connectivity index is 1.80. The van der Waals surface area contributed by atoms with Gasteiger partial charge in [0.15, 0.2) is 0 Å². The van der Waals surface area contributed by atoms with Gasteiger partial charge in [-0.25, -0.2) is 0 Å². The summed E-state index contributed by atoms with van der Waals surface area (Å²) in [6.45, 7) is -0.620. The van der Waals surface area contributed by atoms with Crippen LogP contribution in [0, 0.1) is 10.1 Å². The van der Waals surface area contributed by atoms with E-state index in [4.69, 9.17) is 28.4 Å². The molecule has 0 amide bonds. The fraction of sp³-hybridized carbons (Fsp3) is 0.308. The van der Waals surface area contributed by atoms with E-state index in [1.54, 1.807) is 57.7 Å². The first kappa shape index (κ1) is 26.0. The minimum absolute atomic E-state index is 0.0308. The molecule has 0 radical (unpaired) electrons. The van der Waals surface area contributed by atoms with E-state index in [-0.39, 0.29) is 19.8 Å². The van der Waals surface area contributed by atoms with Gasteiger partial charge in [0, 0.05) is 4.92 Å². The van der Waals surface area contributed by atoms with Gasteiger partial charge in [0.1, 0.15) is 17.2 Å². The standard InChI is InChI=1S/C26H29NO8/c1-30-23-10-4-20(5-11-23)16-33-26(19-27(28)29,34-17-21-6-12-24(31-2)13-7-21)35-18-22-8-14-25(32-3)15-9-22/h4-15H,16-19H2,1-3H3. The Kier molecular flexibility index (Phi) is 9.42. The van der Waals surface area contributed by atoms with E-state index in [1.807, 2.05) is 36.4 Å². The molecule has 0 N–H and O–H groups in total. The smallest absolute Gasteiger partial charge is 0.352 e. The van der Waals surface area contributed by atoms with Gasteiger partial charge in [-0.2, -0.15) is 0 Å². The third-order valence-electron chi connectivity index (χ3n) is 5.18. The van der Waals surface area contributed by atoms with Crippen LogP contribution in [0.3, 0.4) is 0 Å². The van der Waals surface area contributed by atoms with Crippen molar-refractivity contribution in [3.05, 3.63) is 99.6 Å². The first-order valence-corrected chi connectivity index (χ1v) is 10.9. The predicted molar refractivity (Wildman–Crippen MR) is 128 cm³/mol. The molecule has 0 saturated heterocycles. The van der Waals surface area contributed by atoms with Crippen molar-refractivity contribution in [3.8, 4) is 17.2 Å². The molecule has 3 aromatic carbocycles. The van der Waals surface area contributed by atoms with Crippen LogP contribution in [0.2, 0.25) is 0 Å². The summed E-state index contributed by atoms with van der Waals surface area (Å²) < 4.78 is 33.4. The van der Waals surface area contributed by atoms with Crippen LogP contribution in [0.15, 0.2) is 72.8 Å². The lowest BCUT2D eigenvalue weighted by Gasteiger charge is -2.30. The molecule has 0 atom stereocenters. The summed E-state index contributed by atoms with van der Waals surface area (Å²) in [5.41, 5.74) is 2.33. The highest BCUT2D eigenvalue weighted by Crippen LogP contribution is 2.25. The summed E-state index contributed by atoms with van der Waals surface area (Å²) in [7, 11) is 4.73. The second-order valence-corrected chi connectivity index (χ2v) is 7.58. The number of ether oxygens (including phenoxy) is 6. The highest BCUT2D eigenvalue weighted by Gasteiger charge is 2.40. The molecule has 0 spiro atoms. The summed E-state index contributed by atoms with van der Waals surface area (Å²) in [5, 5.41) is 11.6. The van der Waals surface area contributed by atoms with E-state index >= 15 is 0 Å². The van der Waals surface area contributed by atoms with Crippen molar-refractivity contribution in [2.24, 2.45) is 0 Å². The second kappa shape index (κ2) is 12.7. The Hall–Kier alpha value is -3.66. The van der Waals surface area contributed by atoms with E-state index in [0.29, 0.717) is 17.2 Å². The topological polar surface area (TPSA) is 98.5 Å². The normalized spacial score (nSPS) is 11.2. The zero-order valence-corrected chi connectivity index (χ0v) is 20.0. The summed E-state index contributed by atoms with van der Waals surface area (Å²) in [6, 6.07) is 21.5. The van der Waals surface area contributed by atoms with E-state index in [2.05, 4.69) is 0 Å². The molecule has 0 heterocycles. The van der Waals surface area contributed by atoms with Crippen molar-refractivity contribution in [2.45, 2.75) is 25.8 Å². The van der Waals surface area contributed by atoms with Gasteiger partial charge >= 0.3 is 5.97 Å². The van der Waals surface area contributed by atoms with Gasteiger partial charge in [-0.15, -0.1) is 0 Å². The average Bonchev–Trinajstić information content (AvgIpc) is 2.90. The minimum atomic E-state index is -1.93. The SMILES string of the molecule is COc1ccc(COC(C[N+](=O)[O-])(OCc2ccc(OC)cc2)OCc2ccc(OC)cc2)cc1. The maximum absolute atomic E-state index is 11.6. The van der Waals surface area contributed by atoms with Crippen molar-refractivity contribution in [1.82, 2.24) is 0 Å². The molecule has 3 aromatic rings. The number of nitro groups is 1. The van der Waals surface area contributed by atoms with Crippen LogP contribution in [0.25, 0.3) is 0 Å². The molecule has 0 unspecified atom stereocenters. The van der Waals surface area contributed by atoms with E-state index in [0.717, 1.165) is 16.7 Å². The molecule has 9 heteroatoms. The van der Waals surface area contributed by atoms with Crippen LogP contribution in [0.1, 0.15) is 16.7 Å². The van der Waals surface area contributed by atoms with Crippen molar-refractivity contribution in [2.75, 3.05) is 27.9 Å². The largest absolute Gasteiger partial charge is 0.497 e. The van der Waals surface area contributed by atoms with Crippen LogP contribution in [-0.4, -0.2) is 38.8 Å². The fourth-order valence-electron chi connectivity index (χ4n) is 3.17. The van der Waals surface area contributed by atoms with Crippen molar-refractivity contribution < 1.29 is 33.3 Å². The summed E-state index contributed by atoms with van der Waals surface area (Å²) >= 11 is 0. The molecule has 186 valence electrons. The average molecular weight is 484 g/mol. The molecular formula is C26H29NO8. The second-order valence-electron chi connectivity index (χ2n) is 7.58. The van der Waals surface area contributed by atoms with Gasteiger partial charge in [-0.05, 0) is 53.1 Å². The van der Waals surface area contributed by atoms with Gasteiger partial charge in [0.2, 0.25) is 0 Å². The third-order valence-corrected chi connectivity index (χ3v) is 5.18. The van der Waals surface area contributed by atoms with Gasteiger partial charge in [0.05, 0.1) is 41.2 Å². The van der Waals surface area contributed by atoms with Gasteiger partial charge in [-0.3, -0.25) is 10.1 Å². The predicted octanol–water partition coefficient (Wildman–Crippen LogP) is 4.59. The highest BCUT2D eigenvalue weighted by atomic mass is 16.9. The summed E-state index contributed by atoms with van der Waals surface area (Å²) in [4.78, 5) is 11.1. The molecule has 0 saturated carbocycles. The summed E-state index contributed by atoms with van der Waals surface area (Å²) in [6.07, 6.45) is 0. The fourth-order valence-corrected chi connectivity index (χ4v) is 3.17. The molecule has 0 bridgehead atoms. The van der Waals surface area contributed by atoms with Crippen LogP contribution < -0.4 is 14.2 Å². The molecule has 0 aliphatic rings. The number of hydrogen-bond acceptors (Lipinski definition) is 8. The number of nitrogens with zero attached hydrogens (tertiary/aromatic N) is 1. The Morgan fingerprint density at radius 3 is 1.11 bits per heavy atom. The Labute approximate surface area is 204 Å². The van der Waals surface area contributed by atoms with Crippen molar-refractivity contribution in [3.63, 3.8) is 0 Å². The van der Waals surface area contributed by atoms with Gasteiger partial charge in [-0.1, -0.05) is 36.4 Å². The quantitative estimate of drug-likeness (QED) is 0.187. The first-order chi connectivity index (χ1) is 16.9. The molecule has 0 aliphatic carbocycles. The van der Waals surface area contributed by atoms with Crippen LogP contribution >= 0.6 is 0 Å². The number of methoxy groups -OCH3 is 3.